The van der Waals surface area contributed by atoms with Crippen LogP contribution in [0.3, 0.4) is 0 Å². The topological polar surface area (TPSA) is 43.8 Å². The predicted octanol–water partition coefficient (Wildman–Crippen LogP) is 2.72. The summed E-state index contributed by atoms with van der Waals surface area (Å²) in [5.74, 6) is -0.242. The highest BCUT2D eigenvalue weighted by Crippen LogP contribution is 2.19. The number of nitrogens with two attached hydrogens (primary N) is 1. The Kier molecular flexibility index (Phi) is 4.14. The molecule has 18 heavy (non-hydrogen) atoms. The quantitative estimate of drug-likeness (QED) is 0.943. The number of hydrogen-bond donors (Lipinski definition) is 1. The molecule has 96 valence electrons. The van der Waals surface area contributed by atoms with Crippen molar-refractivity contribution in [3.8, 4) is 0 Å². The number of halogens is 2. The molecule has 1 unspecified atom stereocenters. The van der Waals surface area contributed by atoms with Gasteiger partial charge in [-0.3, -0.25) is 0 Å². The zero-order valence-corrected chi connectivity index (χ0v) is 11.7. The van der Waals surface area contributed by atoms with Gasteiger partial charge in [-0.2, -0.15) is 0 Å². The Morgan fingerprint density at radius 3 is 2.94 bits per heavy atom. The lowest BCUT2D eigenvalue weighted by atomic mass is 10.2. The summed E-state index contributed by atoms with van der Waals surface area (Å²) in [5, 5.41) is 0. The molecule has 3 nitrogen and oxygen atoms in total. The maximum absolute atomic E-state index is 13.0. The predicted molar refractivity (Wildman–Crippen MR) is 72.8 cm³/mol. The Morgan fingerprint density at radius 1 is 1.50 bits per heavy atom. The summed E-state index contributed by atoms with van der Waals surface area (Å²) in [6.07, 6.45) is 4.50. The SMILES string of the molecule is CC(N)Cc1cn(Cc2ccc(F)cc2Br)cn1. The maximum Gasteiger partial charge on any atom is 0.124 e. The lowest BCUT2D eigenvalue weighted by molar-refractivity contribution is 0.625. The van der Waals surface area contributed by atoms with Gasteiger partial charge in [0.05, 0.1) is 12.0 Å². The lowest BCUT2D eigenvalue weighted by Crippen LogP contribution is -2.17. The van der Waals surface area contributed by atoms with E-state index in [4.69, 9.17) is 5.73 Å². The van der Waals surface area contributed by atoms with Crippen molar-refractivity contribution in [3.05, 3.63) is 52.3 Å². The number of benzene rings is 1. The van der Waals surface area contributed by atoms with Crippen LogP contribution in [0, 0.1) is 5.82 Å². The molecule has 0 fully saturated rings. The van der Waals surface area contributed by atoms with Gasteiger partial charge in [-0.25, -0.2) is 9.37 Å². The first kappa shape index (κ1) is 13.2. The maximum atomic E-state index is 13.0. The van der Waals surface area contributed by atoms with Crippen molar-refractivity contribution >= 4 is 15.9 Å². The van der Waals surface area contributed by atoms with Crippen LogP contribution in [0.1, 0.15) is 18.2 Å². The molecule has 2 rings (SSSR count). The fourth-order valence-corrected chi connectivity index (χ4v) is 2.25. The summed E-state index contributed by atoms with van der Waals surface area (Å²) in [5.41, 5.74) is 7.72. The Balaban J connectivity index is 2.11. The van der Waals surface area contributed by atoms with Crippen LogP contribution in [0.4, 0.5) is 4.39 Å². The number of hydrogen-bond acceptors (Lipinski definition) is 2. The Hall–Kier alpha value is -1.20. The molecule has 1 heterocycles. The number of nitrogens with zero attached hydrogens (tertiary/aromatic N) is 2. The molecule has 2 N–H and O–H groups in total. The first-order chi connectivity index (χ1) is 8.54. The molecule has 0 amide bonds. The van der Waals surface area contributed by atoms with Gasteiger partial charge < -0.3 is 10.3 Å². The van der Waals surface area contributed by atoms with E-state index in [1.54, 1.807) is 12.4 Å². The minimum absolute atomic E-state index is 0.103. The second-order valence-corrected chi connectivity index (χ2v) is 5.31. The van der Waals surface area contributed by atoms with Gasteiger partial charge in [0, 0.05) is 29.7 Å². The summed E-state index contributed by atoms with van der Waals surface area (Å²) in [7, 11) is 0. The van der Waals surface area contributed by atoms with E-state index in [2.05, 4.69) is 20.9 Å². The minimum atomic E-state index is -0.242. The largest absolute Gasteiger partial charge is 0.333 e. The summed E-state index contributed by atoms with van der Waals surface area (Å²) in [6, 6.07) is 4.80. The van der Waals surface area contributed by atoms with Crippen LogP contribution in [0.5, 0.6) is 0 Å². The van der Waals surface area contributed by atoms with E-state index >= 15 is 0 Å². The van der Waals surface area contributed by atoms with Crippen molar-refractivity contribution in [1.29, 1.82) is 0 Å². The summed E-state index contributed by atoms with van der Waals surface area (Å²) in [4.78, 5) is 4.29. The zero-order chi connectivity index (χ0) is 13.1. The Morgan fingerprint density at radius 2 is 2.28 bits per heavy atom. The monoisotopic (exact) mass is 311 g/mol. The molecule has 0 aliphatic heterocycles. The van der Waals surface area contributed by atoms with Crippen LogP contribution >= 0.6 is 15.9 Å². The van der Waals surface area contributed by atoms with Crippen LogP contribution in [0.15, 0.2) is 35.2 Å². The summed E-state index contributed by atoms with van der Waals surface area (Å²) >= 11 is 3.36. The van der Waals surface area contributed by atoms with E-state index in [0.717, 1.165) is 22.2 Å². The third kappa shape index (κ3) is 3.40. The van der Waals surface area contributed by atoms with Gasteiger partial charge in [-0.15, -0.1) is 0 Å². The first-order valence-electron chi connectivity index (χ1n) is 5.75. The molecule has 0 aliphatic rings. The van der Waals surface area contributed by atoms with Gasteiger partial charge in [0.1, 0.15) is 5.82 Å². The van der Waals surface area contributed by atoms with Crippen LogP contribution < -0.4 is 5.73 Å². The molecule has 0 spiro atoms. The van der Waals surface area contributed by atoms with Gasteiger partial charge in [0.15, 0.2) is 0 Å². The highest BCUT2D eigenvalue weighted by Gasteiger charge is 2.05. The fraction of sp³-hybridized carbons (Fsp3) is 0.308. The van der Waals surface area contributed by atoms with E-state index in [1.807, 2.05) is 17.7 Å². The van der Waals surface area contributed by atoms with Crippen molar-refractivity contribution in [2.75, 3.05) is 0 Å². The minimum Gasteiger partial charge on any atom is -0.333 e. The molecule has 1 aromatic heterocycles. The molecule has 1 atom stereocenters. The van der Waals surface area contributed by atoms with Gasteiger partial charge in [0.25, 0.3) is 0 Å². The van der Waals surface area contributed by atoms with Crippen molar-refractivity contribution < 1.29 is 4.39 Å². The Labute approximate surface area is 114 Å². The van der Waals surface area contributed by atoms with E-state index in [9.17, 15) is 4.39 Å². The smallest absolute Gasteiger partial charge is 0.124 e. The van der Waals surface area contributed by atoms with Crippen molar-refractivity contribution in [1.82, 2.24) is 9.55 Å². The highest BCUT2D eigenvalue weighted by molar-refractivity contribution is 9.10. The lowest BCUT2D eigenvalue weighted by Gasteiger charge is -2.05. The average Bonchev–Trinajstić information content (AvgIpc) is 2.69. The molecule has 0 saturated heterocycles. The van der Waals surface area contributed by atoms with Gasteiger partial charge in [-0.05, 0) is 24.6 Å². The summed E-state index contributed by atoms with van der Waals surface area (Å²) < 4.78 is 15.7. The highest BCUT2D eigenvalue weighted by atomic mass is 79.9. The number of rotatable bonds is 4. The van der Waals surface area contributed by atoms with Crippen molar-refractivity contribution in [3.63, 3.8) is 0 Å². The van der Waals surface area contributed by atoms with E-state index in [1.165, 1.54) is 12.1 Å². The third-order valence-corrected chi connectivity index (χ3v) is 3.32. The second kappa shape index (κ2) is 5.63. The molecule has 0 saturated carbocycles. The van der Waals surface area contributed by atoms with Crippen LogP contribution in [-0.2, 0) is 13.0 Å². The van der Waals surface area contributed by atoms with Crippen molar-refractivity contribution in [2.45, 2.75) is 25.9 Å². The normalized spacial score (nSPS) is 12.7. The molecular formula is C13H15BrFN3. The van der Waals surface area contributed by atoms with Crippen LogP contribution in [0.2, 0.25) is 0 Å². The zero-order valence-electron chi connectivity index (χ0n) is 10.1. The van der Waals surface area contributed by atoms with E-state index in [0.29, 0.717) is 6.54 Å². The van der Waals surface area contributed by atoms with Crippen molar-refractivity contribution in [2.24, 2.45) is 5.73 Å². The van der Waals surface area contributed by atoms with Gasteiger partial charge in [-0.1, -0.05) is 22.0 Å². The molecular weight excluding hydrogens is 297 g/mol. The molecule has 2 aromatic rings. The molecule has 1 aromatic carbocycles. The molecule has 0 radical (unpaired) electrons. The van der Waals surface area contributed by atoms with E-state index in [-0.39, 0.29) is 11.9 Å². The average molecular weight is 312 g/mol. The number of imidazole rings is 1. The third-order valence-electron chi connectivity index (χ3n) is 2.59. The number of aromatic nitrogens is 2. The molecule has 0 bridgehead atoms. The van der Waals surface area contributed by atoms with Crippen LogP contribution in [-0.4, -0.2) is 15.6 Å². The molecule has 5 heteroatoms. The van der Waals surface area contributed by atoms with E-state index < -0.39 is 0 Å². The van der Waals surface area contributed by atoms with Gasteiger partial charge in [0.2, 0.25) is 0 Å². The first-order valence-corrected chi connectivity index (χ1v) is 6.54. The fourth-order valence-electron chi connectivity index (χ4n) is 1.77. The molecule has 0 aliphatic carbocycles. The second-order valence-electron chi connectivity index (χ2n) is 4.45. The van der Waals surface area contributed by atoms with Crippen LogP contribution in [0.25, 0.3) is 0 Å². The summed E-state index contributed by atoms with van der Waals surface area (Å²) in [6.45, 7) is 2.61. The van der Waals surface area contributed by atoms with Gasteiger partial charge >= 0.3 is 0 Å². The Bertz CT molecular complexity index is 537. The standard InChI is InChI=1S/C13H15BrFN3/c1-9(16)4-12-7-18(8-17-12)6-10-2-3-11(15)5-13(10)14/h2-3,5,7-9H,4,6,16H2,1H3.